The van der Waals surface area contributed by atoms with Crippen molar-refractivity contribution in [1.82, 2.24) is 4.98 Å². The fourth-order valence-electron chi connectivity index (χ4n) is 1.44. The number of benzene rings is 1. The summed E-state index contributed by atoms with van der Waals surface area (Å²) < 4.78 is 1.13. The fraction of sp³-hybridized carbons (Fsp3) is 0.154. The Morgan fingerprint density at radius 3 is 3.06 bits per heavy atom. The molecule has 0 aliphatic rings. The second kappa shape index (κ2) is 4.38. The fourth-order valence-corrected chi connectivity index (χ4v) is 2.44. The van der Waals surface area contributed by atoms with Gasteiger partial charge in [0, 0.05) is 17.7 Å². The Kier molecular flexibility index (Phi) is 2.93. The third kappa shape index (κ3) is 2.23. The van der Waals surface area contributed by atoms with Crippen molar-refractivity contribution in [1.29, 1.82) is 0 Å². The smallest absolute Gasteiger partial charge is 0.0942 e. The van der Waals surface area contributed by atoms with Gasteiger partial charge in [0.2, 0.25) is 0 Å². The molecule has 80 valence electrons. The summed E-state index contributed by atoms with van der Waals surface area (Å²) in [7, 11) is 0. The van der Waals surface area contributed by atoms with E-state index in [-0.39, 0.29) is 0 Å². The third-order valence-corrected chi connectivity index (χ3v) is 3.34. The number of nitrogens with two attached hydrogens (primary N) is 1. The third-order valence-electron chi connectivity index (χ3n) is 2.26. The van der Waals surface area contributed by atoms with E-state index >= 15 is 0 Å². The van der Waals surface area contributed by atoms with E-state index in [0.29, 0.717) is 5.70 Å². The van der Waals surface area contributed by atoms with Crippen LogP contribution >= 0.6 is 11.3 Å². The van der Waals surface area contributed by atoms with Gasteiger partial charge < -0.3 is 5.73 Å². The summed E-state index contributed by atoms with van der Waals surface area (Å²) in [6.45, 7) is 3.68. The molecule has 0 aliphatic heterocycles. The number of aryl methyl sites for hydroxylation is 1. The van der Waals surface area contributed by atoms with Gasteiger partial charge in [-0.3, -0.25) is 0 Å². The summed E-state index contributed by atoms with van der Waals surface area (Å²) in [6, 6.07) is 5.86. The van der Waals surface area contributed by atoms with Crippen molar-refractivity contribution in [3.63, 3.8) is 0 Å². The number of hydrogen-bond donors (Lipinski definition) is 1. The van der Waals surface area contributed by atoms with Crippen LogP contribution in [0.15, 0.2) is 30.5 Å². The second-order valence-corrected chi connectivity index (χ2v) is 4.71. The summed E-state index contributed by atoms with van der Waals surface area (Å²) in [5.41, 5.74) is 8.13. The molecule has 3 heteroatoms. The number of hydrogen-bond acceptors (Lipinski definition) is 3. The highest BCUT2D eigenvalue weighted by Gasteiger charge is 2.04. The molecule has 1 aromatic carbocycles. The minimum absolute atomic E-state index is 0.698. The molecule has 1 heterocycles. The molecule has 0 saturated carbocycles. The van der Waals surface area contributed by atoms with Crippen LogP contribution in [-0.4, -0.2) is 4.98 Å². The lowest BCUT2D eigenvalue weighted by Gasteiger charge is -1.94. The first kappa shape index (κ1) is 10.7. The van der Waals surface area contributed by atoms with E-state index in [4.69, 9.17) is 12.2 Å². The van der Waals surface area contributed by atoms with Gasteiger partial charge in [0.25, 0.3) is 0 Å². The Hall–Kier alpha value is -1.79. The zero-order chi connectivity index (χ0) is 11.5. The average molecular weight is 228 g/mol. The topological polar surface area (TPSA) is 38.9 Å². The molecule has 0 radical (unpaired) electrons. The highest BCUT2D eigenvalue weighted by molar-refractivity contribution is 7.18. The normalized spacial score (nSPS) is 10.2. The predicted molar refractivity (Wildman–Crippen MR) is 69.2 cm³/mol. The van der Waals surface area contributed by atoms with Gasteiger partial charge in [0.05, 0.1) is 15.2 Å². The zero-order valence-corrected chi connectivity index (χ0v) is 9.68. The quantitative estimate of drug-likeness (QED) is 0.820. The lowest BCUT2D eigenvalue weighted by atomic mass is 10.2. The van der Waals surface area contributed by atoms with Gasteiger partial charge in [-0.15, -0.1) is 17.8 Å². The van der Waals surface area contributed by atoms with E-state index in [1.807, 2.05) is 18.2 Å². The Balaban J connectivity index is 2.30. The first-order valence-corrected chi connectivity index (χ1v) is 5.80. The number of terminal acetylenes is 1. The monoisotopic (exact) mass is 228 g/mol. The first-order valence-electron chi connectivity index (χ1n) is 4.98. The minimum Gasteiger partial charge on any atom is -0.403 e. The maximum absolute atomic E-state index is 5.54. The van der Waals surface area contributed by atoms with E-state index in [9.17, 15) is 0 Å². The predicted octanol–water partition coefficient (Wildman–Crippen LogP) is 2.68. The first-order chi connectivity index (χ1) is 7.69. The zero-order valence-electron chi connectivity index (χ0n) is 8.86. The van der Waals surface area contributed by atoms with Crippen LogP contribution in [0, 0.1) is 12.3 Å². The molecule has 2 rings (SSSR count). The molecule has 2 N–H and O–H groups in total. The van der Waals surface area contributed by atoms with Crippen LogP contribution in [0.3, 0.4) is 0 Å². The van der Waals surface area contributed by atoms with Gasteiger partial charge in [0.15, 0.2) is 0 Å². The largest absolute Gasteiger partial charge is 0.403 e. The van der Waals surface area contributed by atoms with Crippen molar-refractivity contribution in [2.75, 3.05) is 0 Å². The summed E-state index contributed by atoms with van der Waals surface area (Å²) in [6.07, 6.45) is 6.98. The van der Waals surface area contributed by atoms with E-state index < -0.39 is 0 Å². The van der Waals surface area contributed by atoms with Crippen LogP contribution in [0.25, 0.3) is 10.2 Å². The lowest BCUT2D eigenvalue weighted by Crippen LogP contribution is -1.96. The van der Waals surface area contributed by atoms with Gasteiger partial charge in [-0.1, -0.05) is 12.5 Å². The summed E-state index contributed by atoms with van der Waals surface area (Å²) in [5.74, 6) is 2.62. The van der Waals surface area contributed by atoms with Crippen LogP contribution in [0.1, 0.15) is 17.0 Å². The molecular formula is C13H12N2S. The van der Waals surface area contributed by atoms with E-state index in [1.165, 1.54) is 0 Å². The maximum Gasteiger partial charge on any atom is 0.0942 e. The van der Waals surface area contributed by atoms with Crippen LogP contribution in [0.2, 0.25) is 0 Å². The van der Waals surface area contributed by atoms with Crippen LogP contribution in [-0.2, 0) is 6.42 Å². The molecule has 0 fully saturated rings. The SMILES string of the molecule is C#Cc1ccc2nc(CCC(=C)N)sc2c1. The molecule has 0 unspecified atom stereocenters. The molecule has 1 aromatic heterocycles. The van der Waals surface area contributed by atoms with Crippen molar-refractivity contribution < 1.29 is 0 Å². The highest BCUT2D eigenvalue weighted by Crippen LogP contribution is 2.24. The average Bonchev–Trinajstić information content (AvgIpc) is 2.67. The van der Waals surface area contributed by atoms with Crippen molar-refractivity contribution in [3.05, 3.63) is 41.0 Å². The van der Waals surface area contributed by atoms with Gasteiger partial charge in [-0.05, 0) is 24.6 Å². The van der Waals surface area contributed by atoms with Gasteiger partial charge in [0.1, 0.15) is 0 Å². The van der Waals surface area contributed by atoms with Crippen LogP contribution in [0.5, 0.6) is 0 Å². The molecule has 0 bridgehead atoms. The van der Waals surface area contributed by atoms with Crippen molar-refractivity contribution in [3.8, 4) is 12.3 Å². The Morgan fingerprint density at radius 1 is 1.56 bits per heavy atom. The summed E-state index contributed by atoms with van der Waals surface area (Å²) >= 11 is 1.67. The molecule has 0 aliphatic carbocycles. The van der Waals surface area contributed by atoms with Gasteiger partial charge in [-0.25, -0.2) is 4.98 Å². The molecule has 0 saturated heterocycles. The Morgan fingerprint density at radius 2 is 2.38 bits per heavy atom. The number of fused-ring (bicyclic) bond motifs is 1. The molecule has 0 atom stereocenters. The second-order valence-electron chi connectivity index (χ2n) is 3.59. The molecule has 2 aromatic rings. The number of aromatic nitrogens is 1. The maximum atomic E-state index is 5.54. The Bertz CT molecular complexity index is 575. The number of nitrogens with zero attached hydrogens (tertiary/aromatic N) is 1. The molecule has 0 amide bonds. The molecular weight excluding hydrogens is 216 g/mol. The highest BCUT2D eigenvalue weighted by atomic mass is 32.1. The number of rotatable bonds is 3. The van der Waals surface area contributed by atoms with Crippen molar-refractivity contribution in [2.24, 2.45) is 5.73 Å². The lowest BCUT2D eigenvalue weighted by molar-refractivity contribution is 0.922. The summed E-state index contributed by atoms with van der Waals surface area (Å²) in [4.78, 5) is 4.51. The van der Waals surface area contributed by atoms with Crippen molar-refractivity contribution in [2.45, 2.75) is 12.8 Å². The van der Waals surface area contributed by atoms with Gasteiger partial charge in [-0.2, -0.15) is 0 Å². The van der Waals surface area contributed by atoms with E-state index in [0.717, 1.165) is 33.6 Å². The molecule has 2 nitrogen and oxygen atoms in total. The number of thiazole rings is 1. The van der Waals surface area contributed by atoms with E-state index in [1.54, 1.807) is 11.3 Å². The molecule has 16 heavy (non-hydrogen) atoms. The van der Waals surface area contributed by atoms with Crippen LogP contribution in [0.4, 0.5) is 0 Å². The van der Waals surface area contributed by atoms with E-state index in [2.05, 4.69) is 17.5 Å². The number of allylic oxidation sites excluding steroid dienone is 1. The standard InChI is InChI=1S/C13H12N2S/c1-3-10-5-6-11-12(8-10)16-13(15-11)7-4-9(2)14/h1,5-6,8H,2,4,7,14H2. The van der Waals surface area contributed by atoms with Crippen LogP contribution < -0.4 is 5.73 Å². The Labute approximate surface area is 98.8 Å². The minimum atomic E-state index is 0.698. The molecule has 0 spiro atoms. The summed E-state index contributed by atoms with van der Waals surface area (Å²) in [5, 5.41) is 1.08. The van der Waals surface area contributed by atoms with Crippen molar-refractivity contribution >= 4 is 21.6 Å². The van der Waals surface area contributed by atoms with Gasteiger partial charge >= 0.3 is 0 Å².